The van der Waals surface area contributed by atoms with Gasteiger partial charge in [0.05, 0.1) is 11.6 Å². The smallest absolute Gasteiger partial charge is 0.255 e. The first-order valence-corrected chi connectivity index (χ1v) is 9.08. The minimum absolute atomic E-state index is 0.236. The van der Waals surface area contributed by atoms with Gasteiger partial charge >= 0.3 is 0 Å². The van der Waals surface area contributed by atoms with Crippen LogP contribution in [-0.2, 0) is 6.61 Å². The van der Waals surface area contributed by atoms with Crippen molar-refractivity contribution >= 4 is 11.6 Å². The molecule has 0 fully saturated rings. The molecule has 0 aliphatic heterocycles. The summed E-state index contributed by atoms with van der Waals surface area (Å²) in [5, 5.41) is 25.6. The molecule has 4 rings (SSSR count). The fourth-order valence-corrected chi connectivity index (χ4v) is 2.82. The number of aromatic amines is 1. The maximum Gasteiger partial charge on any atom is 0.255 e. The molecule has 146 valence electrons. The Morgan fingerprint density at radius 2 is 1.90 bits per heavy atom. The summed E-state index contributed by atoms with van der Waals surface area (Å²) in [6.45, 7) is 0.306. The van der Waals surface area contributed by atoms with E-state index in [2.05, 4.69) is 32.0 Å². The number of amides is 1. The van der Waals surface area contributed by atoms with Crippen molar-refractivity contribution in [3.63, 3.8) is 0 Å². The number of hydrogen-bond donors (Lipinski definition) is 2. The molecule has 1 aromatic heterocycles. The van der Waals surface area contributed by atoms with Gasteiger partial charge in [-0.15, -0.1) is 10.2 Å². The van der Waals surface area contributed by atoms with E-state index in [9.17, 15) is 4.79 Å². The first-order valence-electron chi connectivity index (χ1n) is 9.08. The molecule has 0 bridgehead atoms. The molecular weight excluding hydrogens is 380 g/mol. The SMILES string of the molecule is N#Cc1ccc(OCc2cccc(C(=O)Nc3cccc(-c4nn[nH]n4)c3)c2)cc1. The third kappa shape index (κ3) is 4.48. The van der Waals surface area contributed by atoms with Crippen LogP contribution < -0.4 is 10.1 Å². The Morgan fingerprint density at radius 3 is 2.67 bits per heavy atom. The van der Waals surface area contributed by atoms with Gasteiger partial charge in [0.25, 0.3) is 5.91 Å². The molecule has 0 aliphatic carbocycles. The summed E-state index contributed by atoms with van der Waals surface area (Å²) in [7, 11) is 0. The molecular formula is C22H16N6O2. The highest BCUT2D eigenvalue weighted by atomic mass is 16.5. The van der Waals surface area contributed by atoms with E-state index in [-0.39, 0.29) is 5.91 Å². The highest BCUT2D eigenvalue weighted by molar-refractivity contribution is 6.04. The molecule has 4 aromatic rings. The number of nitriles is 1. The van der Waals surface area contributed by atoms with E-state index in [0.717, 1.165) is 11.1 Å². The number of ether oxygens (including phenoxy) is 1. The number of carbonyl (C=O) groups excluding carboxylic acids is 1. The topological polar surface area (TPSA) is 117 Å². The number of aromatic nitrogens is 4. The van der Waals surface area contributed by atoms with E-state index < -0.39 is 0 Å². The van der Waals surface area contributed by atoms with Gasteiger partial charge in [0.1, 0.15) is 12.4 Å². The predicted octanol–water partition coefficient (Wildman–Crippen LogP) is 3.57. The highest BCUT2D eigenvalue weighted by Crippen LogP contribution is 2.19. The predicted molar refractivity (Wildman–Crippen MR) is 109 cm³/mol. The van der Waals surface area contributed by atoms with Crippen LogP contribution in [0.4, 0.5) is 5.69 Å². The van der Waals surface area contributed by atoms with Gasteiger partial charge in [0.15, 0.2) is 0 Å². The fourth-order valence-electron chi connectivity index (χ4n) is 2.82. The summed E-state index contributed by atoms with van der Waals surface area (Å²) in [4.78, 5) is 12.7. The van der Waals surface area contributed by atoms with Crippen LogP contribution in [-0.4, -0.2) is 26.5 Å². The molecule has 0 unspecified atom stereocenters. The Kier molecular flexibility index (Phi) is 5.44. The molecule has 2 N–H and O–H groups in total. The Bertz CT molecular complexity index is 1200. The van der Waals surface area contributed by atoms with Crippen LogP contribution in [0.2, 0.25) is 0 Å². The highest BCUT2D eigenvalue weighted by Gasteiger charge is 2.09. The van der Waals surface area contributed by atoms with Crippen LogP contribution in [0.1, 0.15) is 21.5 Å². The van der Waals surface area contributed by atoms with Crippen molar-refractivity contribution in [1.29, 1.82) is 5.26 Å². The van der Waals surface area contributed by atoms with Crippen molar-refractivity contribution in [2.24, 2.45) is 0 Å². The molecule has 1 amide bonds. The number of nitrogens with zero attached hydrogens (tertiary/aromatic N) is 4. The summed E-state index contributed by atoms with van der Waals surface area (Å²) in [6, 6.07) is 23.4. The van der Waals surface area contributed by atoms with Crippen LogP contribution in [0.5, 0.6) is 5.75 Å². The van der Waals surface area contributed by atoms with Crippen LogP contribution in [0.3, 0.4) is 0 Å². The Morgan fingerprint density at radius 1 is 1.07 bits per heavy atom. The lowest BCUT2D eigenvalue weighted by atomic mass is 10.1. The Labute approximate surface area is 172 Å². The standard InChI is InChI=1S/C22H16N6O2/c23-13-15-7-9-20(10-8-15)30-14-16-3-1-5-18(11-16)22(29)24-19-6-2-4-17(12-19)21-25-27-28-26-21/h1-12H,14H2,(H,24,29)(H,25,26,27,28). The van der Waals surface area contributed by atoms with E-state index in [4.69, 9.17) is 10.00 Å². The second kappa shape index (κ2) is 8.67. The number of anilines is 1. The second-order valence-corrected chi connectivity index (χ2v) is 6.40. The molecule has 0 radical (unpaired) electrons. The lowest BCUT2D eigenvalue weighted by Crippen LogP contribution is -2.12. The molecule has 0 aliphatic rings. The first kappa shape index (κ1) is 18.8. The van der Waals surface area contributed by atoms with Crippen LogP contribution in [0.25, 0.3) is 11.4 Å². The van der Waals surface area contributed by atoms with Gasteiger partial charge in [-0.05, 0) is 59.3 Å². The van der Waals surface area contributed by atoms with Crippen molar-refractivity contribution < 1.29 is 9.53 Å². The molecule has 8 heteroatoms. The normalized spacial score (nSPS) is 10.2. The van der Waals surface area contributed by atoms with Crippen LogP contribution in [0, 0.1) is 11.3 Å². The average Bonchev–Trinajstić information content (AvgIpc) is 3.33. The summed E-state index contributed by atoms with van der Waals surface area (Å²) >= 11 is 0. The fraction of sp³-hybridized carbons (Fsp3) is 0.0455. The van der Waals surface area contributed by atoms with Gasteiger partial charge in [-0.25, -0.2) is 0 Å². The number of benzene rings is 3. The number of tetrazole rings is 1. The zero-order valence-electron chi connectivity index (χ0n) is 15.7. The van der Waals surface area contributed by atoms with Gasteiger partial charge in [0, 0.05) is 16.8 Å². The third-order valence-corrected chi connectivity index (χ3v) is 4.30. The van der Waals surface area contributed by atoms with E-state index in [1.54, 1.807) is 48.5 Å². The number of H-pyrrole nitrogens is 1. The summed E-state index contributed by atoms with van der Waals surface area (Å²) in [5.74, 6) is 0.871. The zero-order chi connectivity index (χ0) is 20.8. The van der Waals surface area contributed by atoms with Crippen molar-refractivity contribution in [1.82, 2.24) is 20.6 Å². The second-order valence-electron chi connectivity index (χ2n) is 6.40. The van der Waals surface area contributed by atoms with Crippen LogP contribution >= 0.6 is 0 Å². The number of nitrogens with one attached hydrogen (secondary N) is 2. The average molecular weight is 396 g/mol. The summed E-state index contributed by atoms with van der Waals surface area (Å²) in [5.41, 5.74) is 3.31. The van der Waals surface area contributed by atoms with Crippen molar-refractivity contribution in [2.45, 2.75) is 6.61 Å². The molecule has 0 spiro atoms. The molecule has 1 heterocycles. The van der Waals surface area contributed by atoms with E-state index in [0.29, 0.717) is 35.0 Å². The van der Waals surface area contributed by atoms with Crippen molar-refractivity contribution in [3.05, 3.63) is 89.5 Å². The van der Waals surface area contributed by atoms with E-state index in [1.165, 1.54) is 0 Å². The Balaban J connectivity index is 1.42. The minimum atomic E-state index is -0.236. The third-order valence-electron chi connectivity index (χ3n) is 4.30. The zero-order valence-corrected chi connectivity index (χ0v) is 15.7. The molecule has 30 heavy (non-hydrogen) atoms. The van der Waals surface area contributed by atoms with Crippen molar-refractivity contribution in [2.75, 3.05) is 5.32 Å². The molecule has 3 aromatic carbocycles. The van der Waals surface area contributed by atoms with Gasteiger partial charge in [0.2, 0.25) is 5.82 Å². The largest absolute Gasteiger partial charge is 0.489 e. The monoisotopic (exact) mass is 396 g/mol. The maximum absolute atomic E-state index is 12.7. The van der Waals surface area contributed by atoms with Crippen LogP contribution in [0.15, 0.2) is 72.8 Å². The molecule has 0 saturated carbocycles. The number of carbonyl (C=O) groups is 1. The summed E-state index contributed by atoms with van der Waals surface area (Å²) in [6.07, 6.45) is 0. The number of hydrogen-bond acceptors (Lipinski definition) is 6. The van der Waals surface area contributed by atoms with E-state index in [1.807, 2.05) is 24.3 Å². The maximum atomic E-state index is 12.7. The van der Waals surface area contributed by atoms with E-state index >= 15 is 0 Å². The summed E-state index contributed by atoms with van der Waals surface area (Å²) < 4.78 is 5.74. The number of rotatable bonds is 6. The molecule has 8 nitrogen and oxygen atoms in total. The quantitative estimate of drug-likeness (QED) is 0.515. The Hall–Kier alpha value is -4.51. The van der Waals surface area contributed by atoms with Gasteiger partial charge < -0.3 is 10.1 Å². The van der Waals surface area contributed by atoms with Crippen molar-refractivity contribution in [3.8, 4) is 23.2 Å². The molecule has 0 atom stereocenters. The minimum Gasteiger partial charge on any atom is -0.489 e. The van der Waals surface area contributed by atoms with Gasteiger partial charge in [-0.1, -0.05) is 24.3 Å². The van der Waals surface area contributed by atoms with Gasteiger partial charge in [-0.2, -0.15) is 10.5 Å². The molecule has 0 saturated heterocycles. The first-order chi connectivity index (χ1) is 14.7. The lowest BCUT2D eigenvalue weighted by Gasteiger charge is -2.09. The van der Waals surface area contributed by atoms with Gasteiger partial charge in [-0.3, -0.25) is 4.79 Å². The lowest BCUT2D eigenvalue weighted by molar-refractivity contribution is 0.102.